The third kappa shape index (κ3) is 3.67. The number of pyridine rings is 1. The molecule has 144 valence electrons. The van der Waals surface area contributed by atoms with E-state index in [9.17, 15) is 9.59 Å². The minimum Gasteiger partial charge on any atom is -0.479 e. The largest absolute Gasteiger partial charge is 0.479 e. The number of hydrogen-bond donors (Lipinski definition) is 1. The van der Waals surface area contributed by atoms with E-state index >= 15 is 0 Å². The first-order chi connectivity index (χ1) is 13.2. The van der Waals surface area contributed by atoms with Crippen LogP contribution in [0, 0.1) is 0 Å². The Labute approximate surface area is 160 Å². The lowest BCUT2D eigenvalue weighted by molar-refractivity contribution is -0.120. The van der Waals surface area contributed by atoms with Crippen LogP contribution in [0.2, 0.25) is 0 Å². The summed E-state index contributed by atoms with van der Waals surface area (Å²) >= 11 is 1.40. The lowest BCUT2D eigenvalue weighted by Crippen LogP contribution is -2.41. The van der Waals surface area contributed by atoms with Crippen LogP contribution in [0.25, 0.3) is 10.2 Å². The average molecular weight is 391 g/mol. The Balaban J connectivity index is 1.60. The van der Waals surface area contributed by atoms with Crippen LogP contribution in [0.15, 0.2) is 6.20 Å². The van der Waals surface area contributed by atoms with E-state index in [-0.39, 0.29) is 11.8 Å². The molecule has 2 aromatic heterocycles. The summed E-state index contributed by atoms with van der Waals surface area (Å²) in [6.07, 6.45) is 2.60. The fraction of sp³-hybridized carbons (Fsp3) is 0.529. The molecule has 0 spiro atoms. The first-order valence-corrected chi connectivity index (χ1v) is 9.71. The Morgan fingerprint density at radius 3 is 2.70 bits per heavy atom. The number of amides is 2. The molecule has 2 amide bonds. The van der Waals surface area contributed by atoms with Crippen LogP contribution < -0.4 is 15.0 Å². The van der Waals surface area contributed by atoms with Crippen molar-refractivity contribution in [1.82, 2.24) is 14.9 Å². The number of piperidine rings is 1. The quantitative estimate of drug-likeness (QED) is 0.851. The van der Waals surface area contributed by atoms with Crippen molar-refractivity contribution in [2.24, 2.45) is 0 Å². The minimum absolute atomic E-state index is 0.199. The predicted molar refractivity (Wildman–Crippen MR) is 102 cm³/mol. The van der Waals surface area contributed by atoms with Gasteiger partial charge >= 0.3 is 6.03 Å². The van der Waals surface area contributed by atoms with Crippen LogP contribution in [-0.2, 0) is 9.53 Å². The summed E-state index contributed by atoms with van der Waals surface area (Å²) in [4.78, 5) is 36.6. The van der Waals surface area contributed by atoms with Gasteiger partial charge in [0.05, 0.1) is 36.9 Å². The fourth-order valence-electron chi connectivity index (χ4n) is 3.24. The van der Waals surface area contributed by atoms with Gasteiger partial charge in [0.15, 0.2) is 5.13 Å². The van der Waals surface area contributed by atoms with Gasteiger partial charge in [0, 0.05) is 39.0 Å². The lowest BCUT2D eigenvalue weighted by atomic mass is 10.1. The van der Waals surface area contributed by atoms with Crippen LogP contribution in [0.5, 0.6) is 5.88 Å². The lowest BCUT2D eigenvalue weighted by Gasteiger charge is -2.28. The van der Waals surface area contributed by atoms with Gasteiger partial charge in [-0.1, -0.05) is 11.3 Å². The van der Waals surface area contributed by atoms with Crippen molar-refractivity contribution >= 4 is 44.2 Å². The minimum atomic E-state index is -0.235. The summed E-state index contributed by atoms with van der Waals surface area (Å²) in [7, 11) is 1.55. The van der Waals surface area contributed by atoms with Crippen molar-refractivity contribution in [3.63, 3.8) is 0 Å². The molecule has 1 N–H and O–H groups in total. The summed E-state index contributed by atoms with van der Waals surface area (Å²) in [6.45, 7) is 3.79. The average Bonchev–Trinajstić information content (AvgIpc) is 3.11. The second-order valence-corrected chi connectivity index (χ2v) is 7.40. The molecule has 0 radical (unpaired) electrons. The van der Waals surface area contributed by atoms with Gasteiger partial charge in [0.2, 0.25) is 5.88 Å². The number of ether oxygens (including phenoxy) is 2. The van der Waals surface area contributed by atoms with E-state index in [0.717, 1.165) is 23.5 Å². The third-order valence-electron chi connectivity index (χ3n) is 4.73. The molecule has 0 bridgehead atoms. The molecule has 0 aliphatic carbocycles. The topological polar surface area (TPSA) is 96.9 Å². The van der Waals surface area contributed by atoms with Crippen molar-refractivity contribution < 1.29 is 19.1 Å². The molecule has 0 unspecified atom stereocenters. The molecule has 27 heavy (non-hydrogen) atoms. The van der Waals surface area contributed by atoms with Crippen LogP contribution in [0.4, 0.5) is 15.6 Å². The molecule has 4 rings (SSSR count). The number of carbonyl (C=O) groups excluding carboxylic acids is 2. The van der Waals surface area contributed by atoms with E-state index in [2.05, 4.69) is 20.2 Å². The molecule has 9 nitrogen and oxygen atoms in total. The number of morpholine rings is 1. The molecule has 2 aliphatic rings. The van der Waals surface area contributed by atoms with E-state index in [1.54, 1.807) is 18.2 Å². The first-order valence-electron chi connectivity index (χ1n) is 8.89. The summed E-state index contributed by atoms with van der Waals surface area (Å²) in [6, 6.07) is -0.235. The highest BCUT2D eigenvalue weighted by molar-refractivity contribution is 7.23. The van der Waals surface area contributed by atoms with Crippen molar-refractivity contribution in [2.45, 2.75) is 12.8 Å². The number of ketones is 1. The SMILES string of the molecule is COc1ncc(N2CCOCC2)c2sc(NC(=O)N3CCC(=O)CC3)nc12. The zero-order valence-corrected chi connectivity index (χ0v) is 15.9. The number of fused-ring (bicyclic) bond motifs is 1. The van der Waals surface area contributed by atoms with Gasteiger partial charge in [0.25, 0.3) is 0 Å². The Morgan fingerprint density at radius 2 is 2.00 bits per heavy atom. The maximum atomic E-state index is 12.5. The number of hydrogen-bond acceptors (Lipinski definition) is 8. The molecule has 2 aliphatic heterocycles. The van der Waals surface area contributed by atoms with E-state index in [1.807, 2.05) is 0 Å². The van der Waals surface area contributed by atoms with Crippen LogP contribution in [0.1, 0.15) is 12.8 Å². The van der Waals surface area contributed by atoms with Gasteiger partial charge in [0.1, 0.15) is 11.3 Å². The second-order valence-electron chi connectivity index (χ2n) is 6.40. The van der Waals surface area contributed by atoms with Gasteiger partial charge < -0.3 is 19.3 Å². The number of carbonyl (C=O) groups is 2. The van der Waals surface area contributed by atoms with Crippen molar-refractivity contribution in [1.29, 1.82) is 0 Å². The maximum absolute atomic E-state index is 12.5. The second kappa shape index (κ2) is 7.65. The van der Waals surface area contributed by atoms with Gasteiger partial charge in [-0.05, 0) is 0 Å². The molecule has 0 saturated carbocycles. The molecule has 2 saturated heterocycles. The number of anilines is 2. The Bertz CT molecular complexity index is 854. The molecule has 10 heteroatoms. The van der Waals surface area contributed by atoms with E-state index in [4.69, 9.17) is 9.47 Å². The summed E-state index contributed by atoms with van der Waals surface area (Å²) in [5, 5.41) is 3.35. The standard InChI is InChI=1S/C17H21N5O4S/c1-25-15-13-14(12(10-18-15)21-6-8-26-9-7-21)27-16(19-13)20-17(24)22-4-2-11(23)3-5-22/h10H,2-9H2,1H3,(H,19,20,24). The number of aromatic nitrogens is 2. The number of nitrogens with one attached hydrogen (secondary N) is 1. The van der Waals surface area contributed by atoms with Crippen LogP contribution in [0.3, 0.4) is 0 Å². The van der Waals surface area contributed by atoms with Crippen molar-refractivity contribution in [3.05, 3.63) is 6.20 Å². The Morgan fingerprint density at radius 1 is 1.26 bits per heavy atom. The smallest absolute Gasteiger partial charge is 0.323 e. The predicted octanol–water partition coefficient (Wildman–Crippen LogP) is 1.73. The van der Waals surface area contributed by atoms with E-state index in [0.29, 0.717) is 55.7 Å². The summed E-state index contributed by atoms with van der Waals surface area (Å²) in [5.74, 6) is 0.632. The molecule has 0 atom stereocenters. The van der Waals surface area contributed by atoms with Gasteiger partial charge in [-0.15, -0.1) is 0 Å². The highest BCUT2D eigenvalue weighted by atomic mass is 32.1. The molecular weight excluding hydrogens is 370 g/mol. The van der Waals surface area contributed by atoms with Crippen LogP contribution in [-0.4, -0.2) is 73.2 Å². The Hall–Kier alpha value is -2.46. The van der Waals surface area contributed by atoms with Crippen molar-refractivity contribution in [3.8, 4) is 5.88 Å². The molecule has 2 aromatic rings. The number of thiazole rings is 1. The normalized spacial score (nSPS) is 18.0. The number of likely N-dealkylation sites (tertiary alicyclic amines) is 1. The molecule has 4 heterocycles. The maximum Gasteiger partial charge on any atom is 0.323 e. The van der Waals surface area contributed by atoms with Gasteiger partial charge in [-0.25, -0.2) is 14.8 Å². The van der Waals surface area contributed by atoms with Gasteiger partial charge in [-0.3, -0.25) is 10.1 Å². The monoisotopic (exact) mass is 391 g/mol. The molecule has 2 fully saturated rings. The van der Waals surface area contributed by atoms with Gasteiger partial charge in [-0.2, -0.15) is 0 Å². The highest BCUT2D eigenvalue weighted by Crippen LogP contribution is 2.38. The summed E-state index contributed by atoms with van der Waals surface area (Å²) in [5.41, 5.74) is 1.60. The zero-order valence-electron chi connectivity index (χ0n) is 15.1. The molecule has 0 aromatic carbocycles. The number of urea groups is 1. The van der Waals surface area contributed by atoms with E-state index < -0.39 is 0 Å². The Kier molecular flexibility index (Phi) is 5.08. The number of methoxy groups -OCH3 is 1. The number of rotatable bonds is 3. The highest BCUT2D eigenvalue weighted by Gasteiger charge is 2.24. The van der Waals surface area contributed by atoms with E-state index in [1.165, 1.54) is 11.3 Å². The zero-order chi connectivity index (χ0) is 18.8. The van der Waals surface area contributed by atoms with Crippen molar-refractivity contribution in [2.75, 3.05) is 56.7 Å². The number of nitrogens with zero attached hydrogens (tertiary/aromatic N) is 4. The van der Waals surface area contributed by atoms with Crippen LogP contribution >= 0.6 is 11.3 Å². The first kappa shape index (κ1) is 17.9. The third-order valence-corrected chi connectivity index (χ3v) is 5.73. The summed E-state index contributed by atoms with van der Waals surface area (Å²) < 4.78 is 11.7. The fourth-order valence-corrected chi connectivity index (χ4v) is 4.22. The molecular formula is C17H21N5O4S. The number of Topliss-reactive ketones (excluding diaryl/α,β-unsaturated/α-hetero) is 1.